The summed E-state index contributed by atoms with van der Waals surface area (Å²) < 4.78 is 5.37. The lowest BCUT2D eigenvalue weighted by molar-refractivity contribution is 0.0913. The number of pyridine rings is 2. The van der Waals surface area contributed by atoms with E-state index in [1.54, 1.807) is 24.5 Å². The fourth-order valence-electron chi connectivity index (χ4n) is 2.88. The molecule has 4 aromatic heterocycles. The van der Waals surface area contributed by atoms with E-state index in [9.17, 15) is 14.4 Å². The fourth-order valence-corrected chi connectivity index (χ4v) is 2.88. The van der Waals surface area contributed by atoms with E-state index in [2.05, 4.69) is 35.4 Å². The Morgan fingerprint density at radius 1 is 1.20 bits per heavy atom. The van der Waals surface area contributed by atoms with Gasteiger partial charge in [-0.15, -0.1) is 0 Å². The van der Waals surface area contributed by atoms with Gasteiger partial charge in [-0.1, -0.05) is 19.0 Å². The zero-order chi connectivity index (χ0) is 21.3. The van der Waals surface area contributed by atoms with Crippen molar-refractivity contribution in [1.29, 1.82) is 0 Å². The van der Waals surface area contributed by atoms with Gasteiger partial charge in [0.15, 0.2) is 0 Å². The third-order valence-corrected chi connectivity index (χ3v) is 4.43. The minimum atomic E-state index is -0.669. The summed E-state index contributed by atoms with van der Waals surface area (Å²) in [5, 5.41) is 6.89. The van der Waals surface area contributed by atoms with Gasteiger partial charge in [-0.25, -0.2) is 9.78 Å². The Morgan fingerprint density at radius 3 is 2.77 bits per heavy atom. The predicted octanol–water partition coefficient (Wildman–Crippen LogP) is 1.18. The summed E-state index contributed by atoms with van der Waals surface area (Å²) in [5.74, 6) is 0.0631. The largest absolute Gasteiger partial charge is 0.340 e. The molecule has 0 aromatic carbocycles. The first-order chi connectivity index (χ1) is 14.4. The van der Waals surface area contributed by atoms with Crippen LogP contribution in [0.3, 0.4) is 0 Å². The van der Waals surface area contributed by atoms with Crippen LogP contribution in [0.2, 0.25) is 0 Å². The van der Waals surface area contributed by atoms with Gasteiger partial charge >= 0.3 is 5.69 Å². The van der Waals surface area contributed by atoms with Gasteiger partial charge in [0.2, 0.25) is 11.7 Å². The molecule has 1 amide bonds. The number of aromatic amines is 2. The summed E-state index contributed by atoms with van der Waals surface area (Å²) in [6.45, 7) is 3.79. The maximum atomic E-state index is 12.8. The molecule has 0 bridgehead atoms. The Kier molecular flexibility index (Phi) is 4.92. The maximum Gasteiger partial charge on any atom is 0.327 e. The average Bonchev–Trinajstić information content (AvgIpc) is 3.21. The predicted molar refractivity (Wildman–Crippen MR) is 106 cm³/mol. The molecule has 0 radical (unpaired) electrons. The second-order valence-electron chi connectivity index (χ2n) is 6.92. The molecule has 0 aliphatic rings. The van der Waals surface area contributed by atoms with Gasteiger partial charge in [0, 0.05) is 24.2 Å². The van der Waals surface area contributed by atoms with Crippen molar-refractivity contribution in [3.05, 3.63) is 69.1 Å². The zero-order valence-electron chi connectivity index (χ0n) is 16.0. The molecule has 3 N–H and O–H groups in total. The highest BCUT2D eigenvalue weighted by molar-refractivity contribution is 5.96. The number of amides is 1. The lowest BCUT2D eigenvalue weighted by Gasteiger charge is -2.18. The SMILES string of the molecule is CC(C)C(NC(=O)c1cnc2[nH]c(=O)[nH]c(=O)c2c1)c1nc(-c2cccnc2)no1. The van der Waals surface area contributed by atoms with Crippen molar-refractivity contribution < 1.29 is 9.32 Å². The fraction of sp³-hybridized carbons (Fsp3) is 0.211. The molecule has 30 heavy (non-hydrogen) atoms. The molecule has 0 fully saturated rings. The highest BCUT2D eigenvalue weighted by Crippen LogP contribution is 2.23. The van der Waals surface area contributed by atoms with E-state index in [0.29, 0.717) is 11.4 Å². The lowest BCUT2D eigenvalue weighted by Crippen LogP contribution is -2.32. The lowest BCUT2D eigenvalue weighted by atomic mass is 10.0. The number of fused-ring (bicyclic) bond motifs is 1. The maximum absolute atomic E-state index is 12.8. The molecule has 0 saturated heterocycles. The third-order valence-electron chi connectivity index (χ3n) is 4.43. The van der Waals surface area contributed by atoms with E-state index in [1.807, 2.05) is 13.8 Å². The molecular formula is C19H17N7O4. The van der Waals surface area contributed by atoms with E-state index in [4.69, 9.17) is 4.52 Å². The normalized spacial score (nSPS) is 12.2. The van der Waals surface area contributed by atoms with E-state index in [0.717, 1.165) is 0 Å². The van der Waals surface area contributed by atoms with Crippen LogP contribution in [-0.4, -0.2) is 36.0 Å². The Balaban J connectivity index is 1.62. The van der Waals surface area contributed by atoms with Crippen LogP contribution in [0.25, 0.3) is 22.4 Å². The number of hydrogen-bond donors (Lipinski definition) is 3. The van der Waals surface area contributed by atoms with Crippen molar-refractivity contribution in [2.75, 3.05) is 0 Å². The first kappa shape index (κ1) is 19.2. The quantitative estimate of drug-likeness (QED) is 0.445. The molecule has 11 heteroatoms. The summed E-state index contributed by atoms with van der Waals surface area (Å²) in [5.41, 5.74) is -0.364. The number of rotatable bonds is 5. The summed E-state index contributed by atoms with van der Waals surface area (Å²) >= 11 is 0. The molecule has 0 aliphatic carbocycles. The van der Waals surface area contributed by atoms with E-state index in [-0.39, 0.29) is 28.4 Å². The molecule has 4 heterocycles. The minimum Gasteiger partial charge on any atom is -0.340 e. The van der Waals surface area contributed by atoms with Crippen LogP contribution in [0.5, 0.6) is 0 Å². The Bertz CT molecular complexity index is 1320. The van der Waals surface area contributed by atoms with Crippen molar-refractivity contribution in [3.63, 3.8) is 0 Å². The topological polar surface area (TPSA) is 160 Å². The van der Waals surface area contributed by atoms with Crippen molar-refractivity contribution in [2.24, 2.45) is 5.92 Å². The molecule has 0 spiro atoms. The van der Waals surface area contributed by atoms with Crippen molar-refractivity contribution in [2.45, 2.75) is 19.9 Å². The van der Waals surface area contributed by atoms with E-state index >= 15 is 0 Å². The van der Waals surface area contributed by atoms with Gasteiger partial charge in [0.25, 0.3) is 11.5 Å². The van der Waals surface area contributed by atoms with Crippen molar-refractivity contribution in [1.82, 2.24) is 35.4 Å². The molecule has 152 valence electrons. The summed E-state index contributed by atoms with van der Waals surface area (Å²) in [7, 11) is 0. The van der Waals surface area contributed by atoms with Crippen LogP contribution < -0.4 is 16.6 Å². The first-order valence-electron chi connectivity index (χ1n) is 9.09. The molecule has 1 atom stereocenters. The smallest absolute Gasteiger partial charge is 0.327 e. The number of carbonyl (C=O) groups is 1. The number of aromatic nitrogens is 6. The van der Waals surface area contributed by atoms with Gasteiger partial charge in [0.05, 0.1) is 10.9 Å². The van der Waals surface area contributed by atoms with E-state index in [1.165, 1.54) is 12.3 Å². The Hall–Kier alpha value is -4.15. The Labute approximate surface area is 168 Å². The number of carbonyl (C=O) groups excluding carboxylic acids is 1. The monoisotopic (exact) mass is 407 g/mol. The third kappa shape index (κ3) is 3.72. The molecular weight excluding hydrogens is 390 g/mol. The number of H-pyrrole nitrogens is 2. The van der Waals surface area contributed by atoms with Gasteiger partial charge in [-0.05, 0) is 24.1 Å². The summed E-state index contributed by atoms with van der Waals surface area (Å²) in [6.07, 6.45) is 4.53. The van der Waals surface area contributed by atoms with Crippen LogP contribution in [0, 0.1) is 5.92 Å². The number of nitrogens with one attached hydrogen (secondary N) is 3. The van der Waals surface area contributed by atoms with Crippen molar-refractivity contribution in [3.8, 4) is 11.4 Å². The van der Waals surface area contributed by atoms with Gasteiger partial charge in [0.1, 0.15) is 11.7 Å². The highest BCUT2D eigenvalue weighted by Gasteiger charge is 2.26. The van der Waals surface area contributed by atoms with Crippen LogP contribution >= 0.6 is 0 Å². The molecule has 1 unspecified atom stereocenters. The Morgan fingerprint density at radius 2 is 2.03 bits per heavy atom. The minimum absolute atomic E-state index is 0.0654. The standard InChI is InChI=1S/C19H17N7O4/c1-9(2)13(18-23-14(26-30-18)10-4-3-5-20-7-10)22-16(27)11-6-12-15(21-8-11)24-19(29)25-17(12)28/h3-9,13H,1-2H3,(H,22,27)(H2,21,24,25,28,29). The van der Waals surface area contributed by atoms with Crippen LogP contribution in [0.4, 0.5) is 0 Å². The van der Waals surface area contributed by atoms with Gasteiger partial charge in [-0.2, -0.15) is 4.98 Å². The second-order valence-corrected chi connectivity index (χ2v) is 6.92. The molecule has 11 nitrogen and oxygen atoms in total. The number of nitrogens with zero attached hydrogens (tertiary/aromatic N) is 4. The molecule has 4 aromatic rings. The van der Waals surface area contributed by atoms with Gasteiger partial charge < -0.3 is 9.84 Å². The van der Waals surface area contributed by atoms with Gasteiger partial charge in [-0.3, -0.25) is 24.5 Å². The summed E-state index contributed by atoms with van der Waals surface area (Å²) in [4.78, 5) is 53.0. The van der Waals surface area contributed by atoms with Crippen molar-refractivity contribution >= 4 is 16.9 Å². The second kappa shape index (κ2) is 7.70. The molecule has 0 aliphatic heterocycles. The van der Waals surface area contributed by atoms with Crippen LogP contribution in [-0.2, 0) is 0 Å². The van der Waals surface area contributed by atoms with E-state index < -0.39 is 23.2 Å². The average molecular weight is 407 g/mol. The number of hydrogen-bond acceptors (Lipinski definition) is 8. The summed E-state index contributed by atoms with van der Waals surface area (Å²) in [6, 6.07) is 4.35. The first-order valence-corrected chi connectivity index (χ1v) is 9.09. The van der Waals surface area contributed by atoms with Crippen LogP contribution in [0.15, 0.2) is 50.9 Å². The molecule has 4 rings (SSSR count). The molecule has 0 saturated carbocycles. The van der Waals surface area contributed by atoms with Crippen LogP contribution in [0.1, 0.15) is 36.1 Å². The highest BCUT2D eigenvalue weighted by atomic mass is 16.5. The zero-order valence-corrected chi connectivity index (χ0v) is 16.0.